The third-order valence-corrected chi connectivity index (χ3v) is 4.78. The number of nitrogens with zero attached hydrogens (tertiary/aromatic N) is 1. The van der Waals surface area contributed by atoms with Crippen LogP contribution in [0.15, 0.2) is 42.5 Å². The number of carbonyl (C=O) groups excluding carboxylic acids is 2. The summed E-state index contributed by atoms with van der Waals surface area (Å²) < 4.78 is 32.3. The van der Waals surface area contributed by atoms with E-state index >= 15 is 0 Å². The lowest BCUT2D eigenvalue weighted by atomic mass is 10.0. The maximum absolute atomic E-state index is 13.9. The van der Waals surface area contributed by atoms with Crippen LogP contribution < -0.4 is 5.32 Å². The Hall–Kier alpha value is -3.00. The molecule has 1 aliphatic heterocycles. The van der Waals surface area contributed by atoms with Crippen molar-refractivity contribution in [3.8, 4) is 0 Å². The van der Waals surface area contributed by atoms with Crippen LogP contribution in [0.1, 0.15) is 29.5 Å². The van der Waals surface area contributed by atoms with Gasteiger partial charge < -0.3 is 20.1 Å². The molecular weight excluding hydrogens is 382 g/mol. The molecule has 0 aliphatic carbocycles. The van der Waals surface area contributed by atoms with Gasteiger partial charge in [0, 0.05) is 31.6 Å². The van der Waals surface area contributed by atoms with Crippen molar-refractivity contribution in [2.45, 2.75) is 38.6 Å². The number of aryl methyl sites for hydroxylation is 1. The normalized spacial score (nSPS) is 19.2. The predicted molar refractivity (Wildman–Crippen MR) is 100 cm³/mol. The Balaban J connectivity index is 1.62. The van der Waals surface area contributed by atoms with Crippen LogP contribution in [0, 0.1) is 18.6 Å². The molecule has 0 radical (unpaired) electrons. The Kier molecular flexibility index (Phi) is 6.12. The van der Waals surface area contributed by atoms with Crippen LogP contribution in [-0.2, 0) is 22.6 Å². The molecule has 6 nitrogen and oxygen atoms in total. The van der Waals surface area contributed by atoms with Crippen molar-refractivity contribution < 1.29 is 28.2 Å². The molecule has 3 rings (SSSR count). The summed E-state index contributed by atoms with van der Waals surface area (Å²) in [4.78, 5) is 25.9. The van der Waals surface area contributed by atoms with Crippen molar-refractivity contribution in [2.24, 2.45) is 0 Å². The fraction of sp³-hybridized carbons (Fsp3) is 0.333. The molecule has 2 N–H and O–H groups in total. The molecule has 29 heavy (non-hydrogen) atoms. The number of aliphatic hydroxyl groups is 1. The Morgan fingerprint density at radius 1 is 1.24 bits per heavy atom. The summed E-state index contributed by atoms with van der Waals surface area (Å²) in [6.45, 7) is 2.10. The lowest BCUT2D eigenvalue weighted by molar-refractivity contribution is -0.206. The average Bonchev–Trinajstić information content (AvgIpc) is 2.68. The molecule has 0 saturated carbocycles. The van der Waals surface area contributed by atoms with Crippen LogP contribution in [0.2, 0.25) is 0 Å². The van der Waals surface area contributed by atoms with Crippen molar-refractivity contribution in [1.82, 2.24) is 10.2 Å². The van der Waals surface area contributed by atoms with Crippen LogP contribution in [-0.4, -0.2) is 34.3 Å². The first kappa shape index (κ1) is 20.7. The van der Waals surface area contributed by atoms with Crippen molar-refractivity contribution in [3.63, 3.8) is 0 Å². The quantitative estimate of drug-likeness (QED) is 0.751. The van der Waals surface area contributed by atoms with Crippen molar-refractivity contribution in [1.29, 1.82) is 0 Å². The molecule has 1 atom stereocenters. The van der Waals surface area contributed by atoms with E-state index in [1.807, 2.05) is 31.2 Å². The van der Waals surface area contributed by atoms with E-state index in [1.54, 1.807) is 0 Å². The maximum atomic E-state index is 13.9. The van der Waals surface area contributed by atoms with Crippen molar-refractivity contribution >= 4 is 12.0 Å². The van der Waals surface area contributed by atoms with Gasteiger partial charge in [0.15, 0.2) is 11.6 Å². The highest BCUT2D eigenvalue weighted by Crippen LogP contribution is 2.26. The smallest absolute Gasteiger partial charge is 0.407 e. The Morgan fingerprint density at radius 3 is 2.69 bits per heavy atom. The van der Waals surface area contributed by atoms with E-state index in [0.29, 0.717) is 6.42 Å². The lowest BCUT2D eigenvalue weighted by Crippen LogP contribution is -2.56. The summed E-state index contributed by atoms with van der Waals surface area (Å²) in [6.07, 6.45) is -0.684. The highest BCUT2D eigenvalue weighted by Gasteiger charge is 2.46. The molecule has 1 fully saturated rings. The molecule has 8 heteroatoms. The van der Waals surface area contributed by atoms with Gasteiger partial charge >= 0.3 is 6.09 Å². The number of hydrogen-bond donors (Lipinski definition) is 2. The van der Waals surface area contributed by atoms with Gasteiger partial charge in [-0.3, -0.25) is 4.79 Å². The van der Waals surface area contributed by atoms with E-state index in [0.717, 1.165) is 22.1 Å². The second-order valence-electron chi connectivity index (χ2n) is 7.06. The van der Waals surface area contributed by atoms with Gasteiger partial charge in [-0.05, 0) is 25.0 Å². The fourth-order valence-electron chi connectivity index (χ4n) is 3.16. The number of piperidine rings is 1. The number of alkyl carbamates (subject to hydrolysis) is 1. The molecule has 1 aliphatic rings. The second kappa shape index (κ2) is 8.57. The minimum atomic E-state index is -2.35. The highest BCUT2D eigenvalue weighted by molar-refractivity contribution is 5.86. The van der Waals surface area contributed by atoms with Gasteiger partial charge in [0.1, 0.15) is 0 Å². The minimum absolute atomic E-state index is 0.0218. The van der Waals surface area contributed by atoms with Crippen LogP contribution in [0.3, 0.4) is 0 Å². The van der Waals surface area contributed by atoms with E-state index < -0.39 is 29.4 Å². The van der Waals surface area contributed by atoms with Crippen LogP contribution in [0.4, 0.5) is 13.6 Å². The summed E-state index contributed by atoms with van der Waals surface area (Å²) in [5, 5.41) is 13.1. The van der Waals surface area contributed by atoms with E-state index in [9.17, 15) is 23.5 Å². The predicted octanol–water partition coefficient (Wildman–Crippen LogP) is 3.01. The van der Waals surface area contributed by atoms with E-state index in [1.165, 1.54) is 12.1 Å². The van der Waals surface area contributed by atoms with Crippen LogP contribution >= 0.6 is 0 Å². The first-order valence-corrected chi connectivity index (χ1v) is 9.25. The van der Waals surface area contributed by atoms with Gasteiger partial charge in [-0.25, -0.2) is 13.6 Å². The second-order valence-corrected chi connectivity index (χ2v) is 7.06. The summed E-state index contributed by atoms with van der Waals surface area (Å²) in [5.74, 6) is -5.28. The molecule has 2 aromatic carbocycles. The van der Waals surface area contributed by atoms with E-state index in [2.05, 4.69) is 5.32 Å². The average molecular weight is 404 g/mol. The first-order valence-electron chi connectivity index (χ1n) is 9.25. The molecule has 2 amide bonds. The third-order valence-electron chi connectivity index (χ3n) is 4.78. The molecule has 0 bridgehead atoms. The number of amides is 2. The molecule has 0 spiro atoms. The Morgan fingerprint density at radius 2 is 1.97 bits per heavy atom. The van der Waals surface area contributed by atoms with Crippen molar-refractivity contribution in [2.75, 3.05) is 6.54 Å². The van der Waals surface area contributed by atoms with Gasteiger partial charge in [-0.1, -0.05) is 42.0 Å². The van der Waals surface area contributed by atoms with Crippen molar-refractivity contribution in [3.05, 3.63) is 70.8 Å². The summed E-state index contributed by atoms with van der Waals surface area (Å²) in [5.41, 5.74) is 1.89. The Labute approximate surface area is 167 Å². The topological polar surface area (TPSA) is 78.9 Å². The molecule has 1 unspecified atom stereocenters. The zero-order chi connectivity index (χ0) is 21.0. The number of likely N-dealkylation sites (tertiary alicyclic amines) is 1. The van der Waals surface area contributed by atoms with Crippen LogP contribution in [0.5, 0.6) is 0 Å². The molecule has 1 saturated heterocycles. The summed E-state index contributed by atoms with van der Waals surface area (Å²) in [6, 6.07) is 11.1. The highest BCUT2D eigenvalue weighted by atomic mass is 19.2. The largest absolute Gasteiger partial charge is 0.410 e. The zero-order valence-corrected chi connectivity index (χ0v) is 16.0. The lowest BCUT2D eigenvalue weighted by Gasteiger charge is -2.37. The number of ether oxygens (including phenoxy) is 1. The zero-order valence-electron chi connectivity index (χ0n) is 16.0. The summed E-state index contributed by atoms with van der Waals surface area (Å²) in [7, 11) is 0. The molecule has 0 aromatic heterocycles. The fourth-order valence-corrected chi connectivity index (χ4v) is 3.16. The van der Waals surface area contributed by atoms with Gasteiger partial charge in [0.05, 0.1) is 0 Å². The number of carbonyl (C=O) groups is 2. The van der Waals surface area contributed by atoms with Crippen LogP contribution in [0.25, 0.3) is 0 Å². The monoisotopic (exact) mass is 404 g/mol. The van der Waals surface area contributed by atoms with Gasteiger partial charge in [-0.2, -0.15) is 0 Å². The third kappa shape index (κ3) is 4.89. The first-order chi connectivity index (χ1) is 13.8. The van der Waals surface area contributed by atoms with E-state index in [4.69, 9.17) is 4.74 Å². The number of hydrogen-bond acceptors (Lipinski definition) is 4. The molecule has 154 valence electrons. The van der Waals surface area contributed by atoms with Gasteiger partial charge in [-0.15, -0.1) is 0 Å². The molecule has 1 heterocycles. The standard InChI is InChI=1S/C21H22F2N2O4/c1-14-6-8-15(9-7-14)12-24-20(27)29-21(28)10-3-11-25(19(21)26)13-16-4-2-5-17(22)18(16)23/h2,4-9,28H,3,10-13H2,1H3,(H,24,27). The number of nitrogens with one attached hydrogen (secondary N) is 1. The molecule has 2 aromatic rings. The number of halogens is 2. The number of rotatable bonds is 5. The Bertz CT molecular complexity index is 904. The minimum Gasteiger partial charge on any atom is -0.407 e. The van der Waals surface area contributed by atoms with Gasteiger partial charge in [0.25, 0.3) is 11.7 Å². The van der Waals surface area contributed by atoms with E-state index in [-0.39, 0.29) is 31.6 Å². The van der Waals surface area contributed by atoms with Gasteiger partial charge in [0.2, 0.25) is 0 Å². The number of benzene rings is 2. The maximum Gasteiger partial charge on any atom is 0.410 e. The SMILES string of the molecule is Cc1ccc(CNC(=O)OC2(O)CCCN(Cc3cccc(F)c3F)C2=O)cc1. The summed E-state index contributed by atoms with van der Waals surface area (Å²) >= 11 is 0. The molecular formula is C21H22F2N2O4.